The highest BCUT2D eigenvalue weighted by molar-refractivity contribution is 6.15. The van der Waals surface area contributed by atoms with E-state index in [9.17, 15) is 9.59 Å². The smallest absolute Gasteiger partial charge is 0.334 e. The summed E-state index contributed by atoms with van der Waals surface area (Å²) in [5.41, 5.74) is 4.51. The van der Waals surface area contributed by atoms with E-state index in [0.717, 1.165) is 36.3 Å². The van der Waals surface area contributed by atoms with Crippen molar-refractivity contribution in [3.8, 4) is 11.5 Å². The fourth-order valence-corrected chi connectivity index (χ4v) is 4.18. The van der Waals surface area contributed by atoms with Gasteiger partial charge in [-0.3, -0.25) is 14.6 Å². The number of amides is 3. The van der Waals surface area contributed by atoms with Crippen LogP contribution in [0.4, 0.5) is 40.8 Å². The van der Waals surface area contributed by atoms with Crippen LogP contribution in [0.5, 0.6) is 11.5 Å². The number of nitrogens with one attached hydrogen (secondary N) is 2. The number of carbonyl (C=O) groups excluding carboxylic acids is 2. The average molecular weight is 528 g/mol. The molecule has 198 valence electrons. The second-order valence-corrected chi connectivity index (χ2v) is 8.04. The number of urea groups is 1. The number of hydrogen-bond acceptors (Lipinski definition) is 7. The zero-order chi connectivity index (χ0) is 27.7. The molecule has 4 rings (SSSR count). The molecule has 2 heterocycles. The third-order valence-corrected chi connectivity index (χ3v) is 5.93. The summed E-state index contributed by atoms with van der Waals surface area (Å²) in [6, 6.07) is 3.68. The number of pyridine rings is 1. The summed E-state index contributed by atoms with van der Waals surface area (Å²) in [6.45, 7) is 1.46. The maximum absolute atomic E-state index is 15.8. The molecule has 3 amide bonds. The Bertz CT molecular complexity index is 1440. The molecule has 0 spiro atoms. The summed E-state index contributed by atoms with van der Waals surface area (Å²) < 4.78 is 56.6. The van der Waals surface area contributed by atoms with Crippen LogP contribution in [0.25, 0.3) is 0 Å². The topological polar surface area (TPSA) is 134 Å². The first kappa shape index (κ1) is 26.3. The van der Waals surface area contributed by atoms with Crippen LogP contribution < -0.4 is 30.3 Å². The zero-order valence-electron chi connectivity index (χ0n) is 20.6. The third-order valence-electron chi connectivity index (χ3n) is 5.93. The summed E-state index contributed by atoms with van der Waals surface area (Å²) in [5.74, 6) is -5.14. The van der Waals surface area contributed by atoms with Gasteiger partial charge in [0.25, 0.3) is 5.91 Å². The third kappa shape index (κ3) is 4.11. The highest BCUT2D eigenvalue weighted by Crippen LogP contribution is 2.44. The van der Waals surface area contributed by atoms with Crippen molar-refractivity contribution in [3.05, 3.63) is 64.6 Å². The van der Waals surface area contributed by atoms with Crippen molar-refractivity contribution in [1.29, 1.82) is 5.41 Å². The van der Waals surface area contributed by atoms with Gasteiger partial charge in [-0.25, -0.2) is 22.9 Å². The molecule has 0 saturated carbocycles. The Hall–Kier alpha value is -4.81. The Kier molecular flexibility index (Phi) is 7.10. The lowest BCUT2D eigenvalue weighted by Crippen LogP contribution is -2.47. The van der Waals surface area contributed by atoms with Crippen molar-refractivity contribution in [3.63, 3.8) is 0 Å². The molecule has 0 aliphatic carbocycles. The normalized spacial score (nSPS) is 12.7. The van der Waals surface area contributed by atoms with Crippen LogP contribution >= 0.6 is 0 Å². The van der Waals surface area contributed by atoms with Gasteiger partial charge in [-0.05, 0) is 19.1 Å². The molecule has 3 aromatic rings. The van der Waals surface area contributed by atoms with Gasteiger partial charge in [0.15, 0.2) is 29.0 Å². The lowest BCUT2D eigenvalue weighted by Gasteiger charge is -2.38. The number of methoxy groups -OCH3 is 2. The van der Waals surface area contributed by atoms with Crippen molar-refractivity contribution in [2.75, 3.05) is 36.3 Å². The zero-order valence-corrected chi connectivity index (χ0v) is 20.6. The average Bonchev–Trinajstić information content (AvgIpc) is 2.90. The van der Waals surface area contributed by atoms with Gasteiger partial charge in [0, 0.05) is 30.6 Å². The van der Waals surface area contributed by atoms with E-state index < -0.39 is 58.8 Å². The molecule has 0 radical (unpaired) electrons. The summed E-state index contributed by atoms with van der Waals surface area (Å²) in [5, 5.41) is 10.3. The van der Waals surface area contributed by atoms with Crippen LogP contribution in [0, 0.1) is 22.9 Å². The van der Waals surface area contributed by atoms with Crippen LogP contribution in [-0.4, -0.2) is 43.9 Å². The number of aromatic nitrogens is 1. The molecule has 1 aliphatic heterocycles. The number of anilines is 4. The number of nitrogens with zero attached hydrogens (tertiary/aromatic N) is 3. The first-order chi connectivity index (χ1) is 18.2. The number of benzene rings is 2. The number of nitrogen functional groups attached to an aromatic ring is 1. The quantitative estimate of drug-likeness (QED) is 0.395. The van der Waals surface area contributed by atoms with Gasteiger partial charge in [0.05, 0.1) is 43.3 Å². The monoisotopic (exact) mass is 528 g/mol. The number of carbonyl (C=O) groups is 2. The molecule has 0 atom stereocenters. The Morgan fingerprint density at radius 1 is 1.16 bits per heavy atom. The van der Waals surface area contributed by atoms with Crippen molar-refractivity contribution in [2.45, 2.75) is 13.5 Å². The fourth-order valence-electron chi connectivity index (χ4n) is 4.18. The summed E-state index contributed by atoms with van der Waals surface area (Å²) in [4.78, 5) is 32.0. The van der Waals surface area contributed by atoms with E-state index in [2.05, 4.69) is 10.3 Å². The second kappa shape index (κ2) is 10.3. The molecule has 0 unspecified atom stereocenters. The molecular formula is C25H23F3N6O4. The van der Waals surface area contributed by atoms with Gasteiger partial charge in [0.1, 0.15) is 11.5 Å². The molecule has 4 N–H and O–H groups in total. The van der Waals surface area contributed by atoms with Crippen molar-refractivity contribution in [2.24, 2.45) is 0 Å². The number of nitrogens with two attached hydrogens (primary N) is 1. The second-order valence-electron chi connectivity index (χ2n) is 8.04. The maximum Gasteiger partial charge on any atom is 0.334 e. The molecule has 1 aliphatic rings. The Labute approximate surface area is 215 Å². The lowest BCUT2D eigenvalue weighted by atomic mass is 10.0. The van der Waals surface area contributed by atoms with Gasteiger partial charge >= 0.3 is 6.03 Å². The Balaban J connectivity index is 2.02. The molecular weight excluding hydrogens is 505 g/mol. The minimum Gasteiger partial charge on any atom is -0.493 e. The van der Waals surface area contributed by atoms with Crippen molar-refractivity contribution < 1.29 is 32.2 Å². The van der Waals surface area contributed by atoms with Crippen LogP contribution in [-0.2, 0) is 6.54 Å². The number of fused-ring (bicyclic) bond motifs is 1. The predicted octanol–water partition coefficient (Wildman–Crippen LogP) is 4.12. The van der Waals surface area contributed by atoms with E-state index in [1.807, 2.05) is 0 Å². The van der Waals surface area contributed by atoms with Gasteiger partial charge in [0.2, 0.25) is 0 Å². The van der Waals surface area contributed by atoms with Crippen LogP contribution in [0.15, 0.2) is 30.5 Å². The van der Waals surface area contributed by atoms with Gasteiger partial charge < -0.3 is 25.9 Å². The van der Waals surface area contributed by atoms with E-state index in [-0.39, 0.29) is 34.7 Å². The fraction of sp³-hybridized carbons (Fsp3) is 0.200. The minimum atomic E-state index is -1.20. The minimum absolute atomic E-state index is 0.0172. The molecule has 0 saturated heterocycles. The van der Waals surface area contributed by atoms with E-state index in [1.54, 1.807) is 6.92 Å². The van der Waals surface area contributed by atoms with Crippen molar-refractivity contribution in [1.82, 2.24) is 10.3 Å². The Morgan fingerprint density at radius 2 is 1.82 bits per heavy atom. The van der Waals surface area contributed by atoms with Crippen molar-refractivity contribution >= 4 is 41.0 Å². The molecule has 10 nitrogen and oxygen atoms in total. The van der Waals surface area contributed by atoms with Gasteiger partial charge in [-0.15, -0.1) is 0 Å². The summed E-state index contributed by atoms with van der Waals surface area (Å²) >= 11 is 0. The highest BCUT2D eigenvalue weighted by Gasteiger charge is 2.40. The number of hydrogen-bond donors (Lipinski definition) is 3. The van der Waals surface area contributed by atoms with E-state index >= 15 is 13.2 Å². The SMILES string of the molecule is CCNC(=O)c1cccc(N2C(=O)N(c3c(F)c(OC)cc(OC)c3F)Cc3cnc(N)c(C=N)c32)c1F. The lowest BCUT2D eigenvalue weighted by molar-refractivity contribution is 0.0952. The number of halogens is 3. The van der Waals surface area contributed by atoms with Crippen LogP contribution in [0.2, 0.25) is 0 Å². The standard InChI is InChI=1S/C25H23F3N6O4/c1-4-31-24(35)13-6-5-7-15(18(13)26)34-21-12(10-32-23(30)14(21)9-29)11-33(25(34)36)22-19(27)16(37-2)8-17(38-3)20(22)28/h5-10,29H,4,11H2,1-3H3,(H2,30,32)(H,31,35). The van der Waals surface area contributed by atoms with E-state index in [1.165, 1.54) is 24.4 Å². The van der Waals surface area contributed by atoms with Crippen LogP contribution in [0.1, 0.15) is 28.4 Å². The molecule has 0 bridgehead atoms. The van der Waals surface area contributed by atoms with E-state index in [0.29, 0.717) is 0 Å². The predicted molar refractivity (Wildman–Crippen MR) is 134 cm³/mol. The highest BCUT2D eigenvalue weighted by atomic mass is 19.1. The van der Waals surface area contributed by atoms with Gasteiger partial charge in [-0.1, -0.05) is 6.07 Å². The molecule has 1 aromatic heterocycles. The first-order valence-corrected chi connectivity index (χ1v) is 11.3. The molecule has 38 heavy (non-hydrogen) atoms. The van der Waals surface area contributed by atoms with Gasteiger partial charge in [-0.2, -0.15) is 0 Å². The van der Waals surface area contributed by atoms with Crippen LogP contribution in [0.3, 0.4) is 0 Å². The maximum atomic E-state index is 15.8. The summed E-state index contributed by atoms with van der Waals surface area (Å²) in [6.07, 6.45) is 2.08. The first-order valence-electron chi connectivity index (χ1n) is 11.3. The largest absolute Gasteiger partial charge is 0.493 e. The molecule has 0 fully saturated rings. The summed E-state index contributed by atoms with van der Waals surface area (Å²) in [7, 11) is 2.31. The number of rotatable bonds is 7. The Morgan fingerprint density at radius 3 is 2.39 bits per heavy atom. The molecule has 13 heteroatoms. The van der Waals surface area contributed by atoms with E-state index in [4.69, 9.17) is 20.6 Å². The number of ether oxygens (including phenoxy) is 2. The molecule has 2 aromatic carbocycles.